The standard InChI is InChI=1S/C18H20N2O3/c1-20(15-5-3-2-4-6-15)18(21)9-10-19-12-14-7-8-16-17(11-14)23-13-22-16/h2-8,11,19H,9-10,12-13H2,1H3. The van der Waals surface area contributed by atoms with Crippen molar-refractivity contribution in [2.24, 2.45) is 0 Å². The molecule has 2 aromatic carbocycles. The van der Waals surface area contributed by atoms with Gasteiger partial charge in [0.05, 0.1) is 0 Å². The summed E-state index contributed by atoms with van der Waals surface area (Å²) in [4.78, 5) is 13.8. The number of carbonyl (C=O) groups excluding carboxylic acids is 1. The summed E-state index contributed by atoms with van der Waals surface area (Å²) in [6.45, 7) is 1.61. The van der Waals surface area contributed by atoms with Gasteiger partial charge in [-0.2, -0.15) is 0 Å². The molecule has 1 amide bonds. The van der Waals surface area contributed by atoms with Crippen molar-refractivity contribution in [2.45, 2.75) is 13.0 Å². The molecule has 0 radical (unpaired) electrons. The van der Waals surface area contributed by atoms with Crippen molar-refractivity contribution in [1.82, 2.24) is 5.32 Å². The third-order valence-electron chi connectivity index (χ3n) is 3.80. The molecule has 0 bridgehead atoms. The Bertz CT molecular complexity index is 673. The number of nitrogens with one attached hydrogen (secondary N) is 1. The summed E-state index contributed by atoms with van der Waals surface area (Å²) in [7, 11) is 1.80. The Hall–Kier alpha value is -2.53. The van der Waals surface area contributed by atoms with Crippen molar-refractivity contribution in [2.75, 3.05) is 25.3 Å². The van der Waals surface area contributed by atoms with Crippen LogP contribution in [0.3, 0.4) is 0 Å². The van der Waals surface area contributed by atoms with E-state index >= 15 is 0 Å². The zero-order valence-corrected chi connectivity index (χ0v) is 13.1. The second kappa shape index (κ2) is 7.15. The molecular weight excluding hydrogens is 292 g/mol. The Morgan fingerprint density at radius 2 is 1.91 bits per heavy atom. The van der Waals surface area contributed by atoms with Gasteiger partial charge in [0.15, 0.2) is 11.5 Å². The lowest BCUT2D eigenvalue weighted by Crippen LogP contribution is -2.29. The first kappa shape index (κ1) is 15.4. The summed E-state index contributed by atoms with van der Waals surface area (Å²) < 4.78 is 10.6. The van der Waals surface area contributed by atoms with Crippen molar-refractivity contribution in [1.29, 1.82) is 0 Å². The zero-order chi connectivity index (χ0) is 16.1. The van der Waals surface area contributed by atoms with Crippen LogP contribution in [0.25, 0.3) is 0 Å². The molecular formula is C18H20N2O3. The number of anilines is 1. The molecule has 0 spiro atoms. The molecule has 1 aliphatic rings. The van der Waals surface area contributed by atoms with Gasteiger partial charge in [0, 0.05) is 32.2 Å². The number of fused-ring (bicyclic) bond motifs is 1. The van der Waals surface area contributed by atoms with Gasteiger partial charge >= 0.3 is 0 Å². The molecule has 1 N–H and O–H groups in total. The van der Waals surface area contributed by atoms with E-state index in [1.165, 1.54) is 0 Å². The zero-order valence-electron chi connectivity index (χ0n) is 13.1. The highest BCUT2D eigenvalue weighted by atomic mass is 16.7. The SMILES string of the molecule is CN(C(=O)CCNCc1ccc2c(c1)OCO2)c1ccccc1. The molecule has 5 nitrogen and oxygen atoms in total. The monoisotopic (exact) mass is 312 g/mol. The summed E-state index contributed by atoms with van der Waals surface area (Å²) in [6, 6.07) is 15.5. The number of ether oxygens (including phenoxy) is 2. The molecule has 5 heteroatoms. The Balaban J connectivity index is 1.44. The first-order chi connectivity index (χ1) is 11.2. The van der Waals surface area contributed by atoms with Crippen LogP contribution in [0.1, 0.15) is 12.0 Å². The average molecular weight is 312 g/mol. The van der Waals surface area contributed by atoms with E-state index in [0.717, 1.165) is 22.7 Å². The maximum atomic E-state index is 12.2. The minimum Gasteiger partial charge on any atom is -0.454 e. The predicted molar refractivity (Wildman–Crippen MR) is 88.7 cm³/mol. The van der Waals surface area contributed by atoms with E-state index in [1.54, 1.807) is 11.9 Å². The molecule has 0 aliphatic carbocycles. The minimum atomic E-state index is 0.0920. The molecule has 3 rings (SSSR count). The van der Waals surface area contributed by atoms with Crippen LogP contribution >= 0.6 is 0 Å². The fraction of sp³-hybridized carbons (Fsp3) is 0.278. The van der Waals surface area contributed by atoms with E-state index in [9.17, 15) is 4.79 Å². The molecule has 1 heterocycles. The molecule has 0 unspecified atom stereocenters. The van der Waals surface area contributed by atoms with E-state index in [0.29, 0.717) is 19.5 Å². The molecule has 1 aliphatic heterocycles. The van der Waals surface area contributed by atoms with Crippen molar-refractivity contribution < 1.29 is 14.3 Å². The molecule has 0 atom stereocenters. The highest BCUT2D eigenvalue weighted by molar-refractivity contribution is 5.92. The highest BCUT2D eigenvalue weighted by Crippen LogP contribution is 2.32. The van der Waals surface area contributed by atoms with Gasteiger partial charge in [-0.1, -0.05) is 24.3 Å². The van der Waals surface area contributed by atoms with E-state index in [2.05, 4.69) is 5.32 Å². The third-order valence-corrected chi connectivity index (χ3v) is 3.80. The van der Waals surface area contributed by atoms with E-state index in [-0.39, 0.29) is 12.7 Å². The summed E-state index contributed by atoms with van der Waals surface area (Å²) in [5.74, 6) is 1.66. The topological polar surface area (TPSA) is 50.8 Å². The largest absolute Gasteiger partial charge is 0.454 e. The number of hydrogen-bond donors (Lipinski definition) is 1. The molecule has 23 heavy (non-hydrogen) atoms. The van der Waals surface area contributed by atoms with Gasteiger partial charge in [-0.25, -0.2) is 0 Å². The molecule has 120 valence electrons. The number of hydrogen-bond acceptors (Lipinski definition) is 4. The summed E-state index contributed by atoms with van der Waals surface area (Å²) in [5, 5.41) is 3.29. The number of rotatable bonds is 6. The van der Waals surface area contributed by atoms with E-state index < -0.39 is 0 Å². The lowest BCUT2D eigenvalue weighted by Gasteiger charge is -2.17. The van der Waals surface area contributed by atoms with Crippen molar-refractivity contribution in [3.8, 4) is 11.5 Å². The Labute approximate surface area is 135 Å². The first-order valence-corrected chi connectivity index (χ1v) is 7.65. The van der Waals surface area contributed by atoms with Gasteiger partial charge in [0.2, 0.25) is 12.7 Å². The normalized spacial score (nSPS) is 12.2. The van der Waals surface area contributed by atoms with Gasteiger partial charge in [-0.15, -0.1) is 0 Å². The summed E-state index contributed by atoms with van der Waals surface area (Å²) >= 11 is 0. The average Bonchev–Trinajstić information content (AvgIpc) is 3.06. The van der Waals surface area contributed by atoms with Crippen LogP contribution in [0.5, 0.6) is 11.5 Å². The third kappa shape index (κ3) is 3.81. The van der Waals surface area contributed by atoms with Crippen LogP contribution in [0.15, 0.2) is 48.5 Å². The lowest BCUT2D eigenvalue weighted by atomic mass is 10.2. The van der Waals surface area contributed by atoms with Crippen molar-refractivity contribution >= 4 is 11.6 Å². The fourth-order valence-corrected chi connectivity index (χ4v) is 2.44. The van der Waals surface area contributed by atoms with Gasteiger partial charge in [0.1, 0.15) is 0 Å². The van der Waals surface area contributed by atoms with Crippen LogP contribution in [-0.4, -0.2) is 26.3 Å². The fourth-order valence-electron chi connectivity index (χ4n) is 2.44. The Kier molecular flexibility index (Phi) is 4.78. The Morgan fingerprint density at radius 1 is 1.13 bits per heavy atom. The number of amides is 1. The van der Waals surface area contributed by atoms with Gasteiger partial charge in [-0.3, -0.25) is 4.79 Å². The van der Waals surface area contributed by atoms with Crippen LogP contribution < -0.4 is 19.7 Å². The first-order valence-electron chi connectivity index (χ1n) is 7.65. The van der Waals surface area contributed by atoms with Crippen molar-refractivity contribution in [3.63, 3.8) is 0 Å². The Morgan fingerprint density at radius 3 is 2.74 bits per heavy atom. The molecule has 0 fully saturated rings. The van der Waals surface area contributed by atoms with E-state index in [1.807, 2.05) is 48.5 Å². The molecule has 0 aromatic heterocycles. The van der Waals surface area contributed by atoms with Crippen LogP contribution in [0.4, 0.5) is 5.69 Å². The van der Waals surface area contributed by atoms with Crippen LogP contribution in [0.2, 0.25) is 0 Å². The van der Waals surface area contributed by atoms with Crippen LogP contribution in [0, 0.1) is 0 Å². The number of benzene rings is 2. The van der Waals surface area contributed by atoms with Gasteiger partial charge < -0.3 is 19.7 Å². The number of nitrogens with zero attached hydrogens (tertiary/aromatic N) is 1. The predicted octanol–water partition coefficient (Wildman–Crippen LogP) is 2.56. The quantitative estimate of drug-likeness (QED) is 0.833. The van der Waals surface area contributed by atoms with E-state index in [4.69, 9.17) is 9.47 Å². The second-order valence-corrected chi connectivity index (χ2v) is 5.40. The van der Waals surface area contributed by atoms with Gasteiger partial charge in [-0.05, 0) is 29.8 Å². The summed E-state index contributed by atoms with van der Waals surface area (Å²) in [5.41, 5.74) is 2.02. The smallest absolute Gasteiger partial charge is 0.231 e. The van der Waals surface area contributed by atoms with Gasteiger partial charge in [0.25, 0.3) is 0 Å². The van der Waals surface area contributed by atoms with Crippen LogP contribution in [-0.2, 0) is 11.3 Å². The summed E-state index contributed by atoms with van der Waals surface area (Å²) in [6.07, 6.45) is 0.454. The highest BCUT2D eigenvalue weighted by Gasteiger charge is 2.13. The lowest BCUT2D eigenvalue weighted by molar-refractivity contribution is -0.118. The molecule has 0 saturated heterocycles. The number of carbonyl (C=O) groups is 1. The maximum absolute atomic E-state index is 12.2. The second-order valence-electron chi connectivity index (χ2n) is 5.40. The minimum absolute atomic E-state index is 0.0920. The molecule has 2 aromatic rings. The maximum Gasteiger partial charge on any atom is 0.231 e. The molecule has 0 saturated carbocycles. The number of para-hydroxylation sites is 1. The van der Waals surface area contributed by atoms with Crippen molar-refractivity contribution in [3.05, 3.63) is 54.1 Å².